The Bertz CT molecular complexity index is 511. The van der Waals surface area contributed by atoms with E-state index >= 15 is 0 Å². The molecule has 0 aliphatic rings. The molecular weight excluding hydrogens is 230 g/mol. The van der Waals surface area contributed by atoms with Gasteiger partial charge in [0.05, 0.1) is 12.0 Å². The minimum atomic E-state index is -0.116. The van der Waals surface area contributed by atoms with Crippen LogP contribution in [0.25, 0.3) is 0 Å². The SMILES string of the molecule is N#C[C@@H](Cc1ccccc1)c1ccc(Cl)cc1. The molecular formula is C15H12ClN. The lowest BCUT2D eigenvalue weighted by Crippen LogP contribution is -2.00. The molecule has 0 aliphatic carbocycles. The van der Waals surface area contributed by atoms with Gasteiger partial charge in [-0.3, -0.25) is 0 Å². The molecule has 0 fully saturated rings. The van der Waals surface area contributed by atoms with E-state index < -0.39 is 0 Å². The molecule has 17 heavy (non-hydrogen) atoms. The largest absolute Gasteiger partial charge is 0.198 e. The van der Waals surface area contributed by atoms with Gasteiger partial charge in [0.1, 0.15) is 0 Å². The van der Waals surface area contributed by atoms with Crippen molar-refractivity contribution in [2.75, 3.05) is 0 Å². The second-order valence-corrected chi connectivity index (χ2v) is 4.36. The van der Waals surface area contributed by atoms with Crippen LogP contribution < -0.4 is 0 Å². The quantitative estimate of drug-likeness (QED) is 0.791. The van der Waals surface area contributed by atoms with Gasteiger partial charge in [-0.25, -0.2) is 0 Å². The number of rotatable bonds is 3. The van der Waals surface area contributed by atoms with Crippen LogP contribution in [0.3, 0.4) is 0 Å². The topological polar surface area (TPSA) is 23.8 Å². The van der Waals surface area contributed by atoms with Crippen LogP contribution in [0.4, 0.5) is 0 Å². The summed E-state index contributed by atoms with van der Waals surface area (Å²) in [5, 5.41) is 9.93. The van der Waals surface area contributed by atoms with Gasteiger partial charge in [-0.15, -0.1) is 0 Å². The van der Waals surface area contributed by atoms with Crippen molar-refractivity contribution in [3.05, 3.63) is 70.7 Å². The Morgan fingerprint density at radius 2 is 1.65 bits per heavy atom. The third kappa shape index (κ3) is 3.09. The maximum absolute atomic E-state index is 9.23. The Balaban J connectivity index is 2.18. The number of hydrogen-bond acceptors (Lipinski definition) is 1. The van der Waals surface area contributed by atoms with E-state index in [-0.39, 0.29) is 5.92 Å². The summed E-state index contributed by atoms with van der Waals surface area (Å²) < 4.78 is 0. The zero-order valence-corrected chi connectivity index (χ0v) is 10.1. The van der Waals surface area contributed by atoms with E-state index in [1.165, 1.54) is 5.56 Å². The molecule has 2 aromatic rings. The van der Waals surface area contributed by atoms with Gasteiger partial charge in [0.15, 0.2) is 0 Å². The highest BCUT2D eigenvalue weighted by molar-refractivity contribution is 6.30. The number of benzene rings is 2. The van der Waals surface area contributed by atoms with E-state index in [1.54, 1.807) is 0 Å². The maximum atomic E-state index is 9.23. The molecule has 0 saturated carbocycles. The molecule has 0 heterocycles. The third-order valence-corrected chi connectivity index (χ3v) is 2.96. The Morgan fingerprint density at radius 1 is 1.00 bits per heavy atom. The molecule has 2 aromatic carbocycles. The van der Waals surface area contributed by atoms with E-state index in [1.807, 2.05) is 54.6 Å². The monoisotopic (exact) mass is 241 g/mol. The second-order valence-electron chi connectivity index (χ2n) is 3.92. The molecule has 0 N–H and O–H groups in total. The minimum absolute atomic E-state index is 0.116. The zero-order chi connectivity index (χ0) is 12.1. The smallest absolute Gasteiger partial charge is 0.0753 e. The summed E-state index contributed by atoms with van der Waals surface area (Å²) in [7, 11) is 0. The summed E-state index contributed by atoms with van der Waals surface area (Å²) in [5.41, 5.74) is 2.19. The van der Waals surface area contributed by atoms with Crippen molar-refractivity contribution < 1.29 is 0 Å². The fourth-order valence-corrected chi connectivity index (χ4v) is 1.91. The average molecular weight is 242 g/mol. The van der Waals surface area contributed by atoms with Crippen molar-refractivity contribution >= 4 is 11.6 Å². The molecule has 84 valence electrons. The lowest BCUT2D eigenvalue weighted by atomic mass is 9.93. The van der Waals surface area contributed by atoms with Crippen LogP contribution in [0.1, 0.15) is 17.0 Å². The second kappa shape index (κ2) is 5.52. The third-order valence-electron chi connectivity index (χ3n) is 2.71. The molecule has 1 atom stereocenters. The molecule has 0 aliphatic heterocycles. The first kappa shape index (κ1) is 11.7. The normalized spacial score (nSPS) is 11.8. The first-order valence-corrected chi connectivity index (χ1v) is 5.86. The molecule has 2 rings (SSSR count). The highest BCUT2D eigenvalue weighted by Gasteiger charge is 2.10. The fraction of sp³-hybridized carbons (Fsp3) is 0.133. The fourth-order valence-electron chi connectivity index (χ4n) is 1.78. The van der Waals surface area contributed by atoms with Crippen LogP contribution in [0.2, 0.25) is 5.02 Å². The predicted molar refractivity (Wildman–Crippen MR) is 70.0 cm³/mol. The summed E-state index contributed by atoms with van der Waals surface area (Å²) in [4.78, 5) is 0. The van der Waals surface area contributed by atoms with Gasteiger partial charge >= 0.3 is 0 Å². The van der Waals surface area contributed by atoms with E-state index in [2.05, 4.69) is 6.07 Å². The van der Waals surface area contributed by atoms with E-state index in [9.17, 15) is 5.26 Å². The summed E-state index contributed by atoms with van der Waals surface area (Å²) in [5.74, 6) is -0.116. The van der Waals surface area contributed by atoms with Crippen LogP contribution in [0, 0.1) is 11.3 Å². The molecule has 2 heteroatoms. The lowest BCUT2D eigenvalue weighted by Gasteiger charge is -2.09. The van der Waals surface area contributed by atoms with Crippen LogP contribution in [-0.2, 0) is 6.42 Å². The van der Waals surface area contributed by atoms with Crippen molar-refractivity contribution in [2.24, 2.45) is 0 Å². The number of halogens is 1. The van der Waals surface area contributed by atoms with Gasteiger partial charge in [0, 0.05) is 5.02 Å². The van der Waals surface area contributed by atoms with Gasteiger partial charge in [-0.05, 0) is 29.7 Å². The average Bonchev–Trinajstić information content (AvgIpc) is 2.38. The van der Waals surface area contributed by atoms with Crippen LogP contribution in [-0.4, -0.2) is 0 Å². The zero-order valence-electron chi connectivity index (χ0n) is 9.31. The minimum Gasteiger partial charge on any atom is -0.198 e. The predicted octanol–water partition coefficient (Wildman–Crippen LogP) is 4.19. The highest BCUT2D eigenvalue weighted by Crippen LogP contribution is 2.21. The molecule has 0 radical (unpaired) electrons. The van der Waals surface area contributed by atoms with Gasteiger partial charge in [-0.1, -0.05) is 54.1 Å². The summed E-state index contributed by atoms with van der Waals surface area (Å²) >= 11 is 5.84. The maximum Gasteiger partial charge on any atom is 0.0753 e. The van der Waals surface area contributed by atoms with Crippen LogP contribution >= 0.6 is 11.6 Å². The molecule has 0 spiro atoms. The standard InChI is InChI=1S/C15H12ClN/c16-15-8-6-13(7-9-15)14(11-17)10-12-4-2-1-3-5-12/h1-9,14H,10H2/t14-/m1/s1. The van der Waals surface area contributed by atoms with Crippen molar-refractivity contribution in [2.45, 2.75) is 12.3 Å². The van der Waals surface area contributed by atoms with Crippen LogP contribution in [0.5, 0.6) is 0 Å². The molecule has 0 saturated heterocycles. The molecule has 1 nitrogen and oxygen atoms in total. The van der Waals surface area contributed by atoms with E-state index in [4.69, 9.17) is 11.6 Å². The Kier molecular flexibility index (Phi) is 3.80. The Labute approximate surface area is 106 Å². The van der Waals surface area contributed by atoms with Crippen molar-refractivity contribution in [1.29, 1.82) is 5.26 Å². The van der Waals surface area contributed by atoms with Crippen LogP contribution in [0.15, 0.2) is 54.6 Å². The van der Waals surface area contributed by atoms with Crippen molar-refractivity contribution in [1.82, 2.24) is 0 Å². The number of hydrogen-bond donors (Lipinski definition) is 0. The summed E-state index contributed by atoms with van der Waals surface area (Å²) in [6.07, 6.45) is 0.735. The number of nitriles is 1. The van der Waals surface area contributed by atoms with E-state index in [0.717, 1.165) is 12.0 Å². The summed E-state index contributed by atoms with van der Waals surface area (Å²) in [6, 6.07) is 19.9. The molecule has 0 aromatic heterocycles. The summed E-state index contributed by atoms with van der Waals surface area (Å²) in [6.45, 7) is 0. The number of nitrogens with zero attached hydrogens (tertiary/aromatic N) is 1. The van der Waals surface area contributed by atoms with Gasteiger partial charge in [0.2, 0.25) is 0 Å². The molecule has 0 unspecified atom stereocenters. The van der Waals surface area contributed by atoms with Gasteiger partial charge in [-0.2, -0.15) is 5.26 Å². The van der Waals surface area contributed by atoms with Crippen molar-refractivity contribution in [3.8, 4) is 6.07 Å². The Hall–Kier alpha value is -1.78. The van der Waals surface area contributed by atoms with E-state index in [0.29, 0.717) is 5.02 Å². The molecule has 0 amide bonds. The first-order valence-electron chi connectivity index (χ1n) is 5.48. The first-order chi connectivity index (χ1) is 8.29. The lowest BCUT2D eigenvalue weighted by molar-refractivity contribution is 0.849. The van der Waals surface area contributed by atoms with Crippen molar-refractivity contribution in [3.63, 3.8) is 0 Å². The molecule has 0 bridgehead atoms. The van der Waals surface area contributed by atoms with Gasteiger partial charge < -0.3 is 0 Å². The highest BCUT2D eigenvalue weighted by atomic mass is 35.5. The van der Waals surface area contributed by atoms with Gasteiger partial charge in [0.25, 0.3) is 0 Å². The Morgan fingerprint density at radius 3 is 2.24 bits per heavy atom.